The highest BCUT2D eigenvalue weighted by molar-refractivity contribution is 7.15. The van der Waals surface area contributed by atoms with Crippen LogP contribution in [-0.4, -0.2) is 16.6 Å². The molecule has 0 aliphatic heterocycles. The molecule has 0 spiro atoms. The van der Waals surface area contributed by atoms with E-state index in [0.717, 1.165) is 28.2 Å². The molecule has 1 unspecified atom stereocenters. The number of phenols is 1. The normalized spacial score (nSPS) is 12.6. The van der Waals surface area contributed by atoms with Gasteiger partial charge in [-0.3, -0.25) is 0 Å². The van der Waals surface area contributed by atoms with E-state index in [9.17, 15) is 5.11 Å². The molecule has 0 saturated carbocycles. The lowest BCUT2D eigenvalue weighted by Crippen LogP contribution is -2.16. The van der Waals surface area contributed by atoms with Crippen LogP contribution in [0.15, 0.2) is 18.3 Å². The summed E-state index contributed by atoms with van der Waals surface area (Å²) in [4.78, 5) is 5.73. The molecule has 2 N–H and O–H groups in total. The molecule has 0 aliphatic rings. The average molecular weight is 276 g/mol. The number of aromatic nitrogens is 1. The standard InChI is InChI=1S/C15H20N2OS/c1-5-16-11(4)13-8-17-15(19-13)12-6-9(2)14(18)10(3)7-12/h6-8,11,16,18H,5H2,1-4H3. The molecule has 2 aromatic rings. The molecule has 0 fully saturated rings. The highest BCUT2D eigenvalue weighted by atomic mass is 32.1. The Balaban J connectivity index is 2.33. The van der Waals surface area contributed by atoms with Gasteiger partial charge in [-0.05, 0) is 50.6 Å². The minimum Gasteiger partial charge on any atom is -0.507 e. The summed E-state index contributed by atoms with van der Waals surface area (Å²) in [5.41, 5.74) is 2.87. The van der Waals surface area contributed by atoms with Gasteiger partial charge in [0, 0.05) is 22.7 Å². The van der Waals surface area contributed by atoms with Crippen LogP contribution < -0.4 is 5.32 Å². The van der Waals surface area contributed by atoms with Gasteiger partial charge in [0.15, 0.2) is 0 Å². The molecule has 4 heteroatoms. The Morgan fingerprint density at radius 1 is 1.32 bits per heavy atom. The minimum atomic E-state index is 0.329. The Morgan fingerprint density at radius 2 is 1.95 bits per heavy atom. The van der Waals surface area contributed by atoms with Gasteiger partial charge in [-0.1, -0.05) is 6.92 Å². The largest absolute Gasteiger partial charge is 0.507 e. The summed E-state index contributed by atoms with van der Waals surface area (Å²) in [5.74, 6) is 0.376. The molecule has 2 rings (SSSR count). The van der Waals surface area contributed by atoms with Gasteiger partial charge in [0.2, 0.25) is 0 Å². The first-order chi connectivity index (χ1) is 9.02. The maximum Gasteiger partial charge on any atom is 0.123 e. The molecule has 0 saturated heterocycles. The minimum absolute atomic E-state index is 0.329. The van der Waals surface area contributed by atoms with Gasteiger partial charge in [-0.2, -0.15) is 0 Å². The van der Waals surface area contributed by atoms with Crippen LogP contribution in [0.2, 0.25) is 0 Å². The zero-order valence-corrected chi connectivity index (χ0v) is 12.6. The zero-order valence-electron chi connectivity index (χ0n) is 11.8. The van der Waals surface area contributed by atoms with Gasteiger partial charge in [0.25, 0.3) is 0 Å². The number of hydrogen-bond acceptors (Lipinski definition) is 4. The van der Waals surface area contributed by atoms with Gasteiger partial charge in [0.05, 0.1) is 0 Å². The second-order valence-electron chi connectivity index (χ2n) is 4.81. The monoisotopic (exact) mass is 276 g/mol. The number of aryl methyl sites for hydroxylation is 2. The van der Waals surface area contributed by atoms with Gasteiger partial charge in [-0.15, -0.1) is 11.3 Å². The number of hydrogen-bond donors (Lipinski definition) is 2. The first kappa shape index (κ1) is 14.0. The molecule has 102 valence electrons. The van der Waals surface area contributed by atoms with Crippen molar-refractivity contribution in [3.05, 3.63) is 34.3 Å². The molecule has 0 amide bonds. The average Bonchev–Trinajstić information content (AvgIpc) is 2.85. The van der Waals surface area contributed by atoms with Gasteiger partial charge in [-0.25, -0.2) is 4.98 Å². The topological polar surface area (TPSA) is 45.2 Å². The van der Waals surface area contributed by atoms with E-state index in [2.05, 4.69) is 24.1 Å². The molecular weight excluding hydrogens is 256 g/mol. The van der Waals surface area contributed by atoms with Crippen LogP contribution in [0, 0.1) is 13.8 Å². The lowest BCUT2D eigenvalue weighted by atomic mass is 10.1. The van der Waals surface area contributed by atoms with Crippen molar-refractivity contribution < 1.29 is 5.11 Å². The van der Waals surface area contributed by atoms with Crippen LogP contribution in [0.25, 0.3) is 10.6 Å². The number of benzene rings is 1. The van der Waals surface area contributed by atoms with E-state index < -0.39 is 0 Å². The van der Waals surface area contributed by atoms with Crippen LogP contribution >= 0.6 is 11.3 Å². The smallest absolute Gasteiger partial charge is 0.123 e. The Kier molecular flexibility index (Phi) is 4.22. The summed E-state index contributed by atoms with van der Waals surface area (Å²) in [6.07, 6.45) is 1.94. The number of nitrogens with one attached hydrogen (secondary N) is 1. The van der Waals surface area contributed by atoms with E-state index in [1.54, 1.807) is 11.3 Å². The van der Waals surface area contributed by atoms with Crippen molar-refractivity contribution >= 4 is 11.3 Å². The van der Waals surface area contributed by atoms with E-state index in [-0.39, 0.29) is 0 Å². The van der Waals surface area contributed by atoms with E-state index in [0.29, 0.717) is 11.8 Å². The van der Waals surface area contributed by atoms with E-state index in [4.69, 9.17) is 0 Å². The SMILES string of the molecule is CCNC(C)c1cnc(-c2cc(C)c(O)c(C)c2)s1. The van der Waals surface area contributed by atoms with Gasteiger partial charge < -0.3 is 10.4 Å². The molecular formula is C15H20N2OS. The maximum atomic E-state index is 9.81. The van der Waals surface area contributed by atoms with Crippen molar-refractivity contribution in [3.8, 4) is 16.3 Å². The van der Waals surface area contributed by atoms with E-state index in [1.807, 2.05) is 32.2 Å². The molecule has 0 radical (unpaired) electrons. The Labute approximate surface area is 118 Å². The number of nitrogens with zero attached hydrogens (tertiary/aromatic N) is 1. The maximum absolute atomic E-state index is 9.81. The molecule has 19 heavy (non-hydrogen) atoms. The number of phenolic OH excluding ortho intramolecular Hbond substituents is 1. The molecule has 3 nitrogen and oxygen atoms in total. The summed E-state index contributed by atoms with van der Waals surface area (Å²) in [7, 11) is 0. The molecule has 1 aromatic carbocycles. The molecule has 0 aliphatic carbocycles. The third kappa shape index (κ3) is 2.96. The van der Waals surface area contributed by atoms with Crippen molar-refractivity contribution in [3.63, 3.8) is 0 Å². The first-order valence-electron chi connectivity index (χ1n) is 6.52. The highest BCUT2D eigenvalue weighted by Crippen LogP contribution is 2.33. The van der Waals surface area contributed by atoms with Gasteiger partial charge >= 0.3 is 0 Å². The van der Waals surface area contributed by atoms with Crippen molar-refractivity contribution in [2.75, 3.05) is 6.54 Å². The number of aromatic hydroxyl groups is 1. The predicted octanol–water partition coefficient (Wildman–Crippen LogP) is 3.80. The molecule has 1 atom stereocenters. The third-order valence-electron chi connectivity index (χ3n) is 3.20. The lowest BCUT2D eigenvalue weighted by molar-refractivity contribution is 0.467. The molecule has 0 bridgehead atoms. The molecule has 1 aromatic heterocycles. The quantitative estimate of drug-likeness (QED) is 0.892. The van der Waals surface area contributed by atoms with Crippen molar-refractivity contribution in [1.82, 2.24) is 10.3 Å². The fourth-order valence-electron chi connectivity index (χ4n) is 2.11. The first-order valence-corrected chi connectivity index (χ1v) is 7.34. The summed E-state index contributed by atoms with van der Waals surface area (Å²) in [6, 6.07) is 4.31. The number of rotatable bonds is 4. The van der Waals surface area contributed by atoms with Crippen LogP contribution in [-0.2, 0) is 0 Å². The fraction of sp³-hybridized carbons (Fsp3) is 0.400. The summed E-state index contributed by atoms with van der Waals surface area (Å²) < 4.78 is 0. The highest BCUT2D eigenvalue weighted by Gasteiger charge is 2.12. The predicted molar refractivity (Wildman–Crippen MR) is 80.8 cm³/mol. The lowest BCUT2D eigenvalue weighted by Gasteiger charge is -2.08. The summed E-state index contributed by atoms with van der Waals surface area (Å²) >= 11 is 1.70. The zero-order chi connectivity index (χ0) is 14.0. The van der Waals surface area contributed by atoms with E-state index in [1.165, 1.54) is 4.88 Å². The van der Waals surface area contributed by atoms with Crippen LogP contribution in [0.1, 0.15) is 35.9 Å². The Hall–Kier alpha value is -1.39. The van der Waals surface area contributed by atoms with Crippen LogP contribution in [0.5, 0.6) is 5.75 Å². The summed E-state index contributed by atoms with van der Waals surface area (Å²) in [6.45, 7) is 9.04. The number of thiazole rings is 1. The van der Waals surface area contributed by atoms with Crippen molar-refractivity contribution in [2.45, 2.75) is 33.7 Å². The Morgan fingerprint density at radius 3 is 2.53 bits per heavy atom. The molecule has 1 heterocycles. The van der Waals surface area contributed by atoms with Crippen LogP contribution in [0.3, 0.4) is 0 Å². The van der Waals surface area contributed by atoms with Crippen molar-refractivity contribution in [1.29, 1.82) is 0 Å². The Bertz CT molecular complexity index is 554. The fourth-order valence-corrected chi connectivity index (χ4v) is 3.04. The second kappa shape index (κ2) is 5.72. The van der Waals surface area contributed by atoms with Crippen molar-refractivity contribution in [2.24, 2.45) is 0 Å². The van der Waals surface area contributed by atoms with E-state index >= 15 is 0 Å². The third-order valence-corrected chi connectivity index (χ3v) is 4.43. The summed E-state index contributed by atoms with van der Waals surface area (Å²) in [5, 5.41) is 14.2. The van der Waals surface area contributed by atoms with Gasteiger partial charge in [0.1, 0.15) is 10.8 Å². The van der Waals surface area contributed by atoms with Crippen LogP contribution in [0.4, 0.5) is 0 Å². The second-order valence-corrected chi connectivity index (χ2v) is 5.87.